The molecule has 144 valence electrons. The highest BCUT2D eigenvalue weighted by molar-refractivity contribution is 8.01. The summed E-state index contributed by atoms with van der Waals surface area (Å²) in [5.41, 5.74) is 0.902. The molecule has 4 nitrogen and oxygen atoms in total. The number of carbonyl (C=O) groups excluding carboxylic acids is 2. The Balaban J connectivity index is 1.81. The van der Waals surface area contributed by atoms with Crippen LogP contribution in [0.3, 0.4) is 0 Å². The Morgan fingerprint density at radius 1 is 1.00 bits per heavy atom. The zero-order chi connectivity index (χ0) is 20.0. The number of benzene rings is 2. The Morgan fingerprint density at radius 2 is 1.67 bits per heavy atom. The van der Waals surface area contributed by atoms with Crippen LogP contribution in [0.4, 0.5) is 18.9 Å². The van der Waals surface area contributed by atoms with Gasteiger partial charge in [0.15, 0.2) is 11.6 Å². The second-order valence-corrected chi connectivity index (χ2v) is 7.24. The predicted octanol–water partition coefficient (Wildman–Crippen LogP) is 4.04. The van der Waals surface area contributed by atoms with Crippen molar-refractivity contribution in [3.05, 3.63) is 65.5 Å². The number of rotatable bonds is 7. The van der Waals surface area contributed by atoms with Gasteiger partial charge in [0.2, 0.25) is 11.8 Å². The van der Waals surface area contributed by atoms with Crippen LogP contribution in [0.25, 0.3) is 0 Å². The third kappa shape index (κ3) is 6.32. The highest BCUT2D eigenvalue weighted by atomic mass is 32.2. The number of nitrogens with one attached hydrogen (secondary N) is 2. The van der Waals surface area contributed by atoms with Gasteiger partial charge >= 0.3 is 0 Å². The molecule has 8 heteroatoms. The van der Waals surface area contributed by atoms with Crippen LogP contribution in [0, 0.1) is 17.5 Å². The molecule has 0 aromatic heterocycles. The van der Waals surface area contributed by atoms with Crippen LogP contribution < -0.4 is 10.6 Å². The molecule has 0 bridgehead atoms. The zero-order valence-electron chi connectivity index (χ0n) is 14.8. The summed E-state index contributed by atoms with van der Waals surface area (Å²) in [4.78, 5) is 24.1. The van der Waals surface area contributed by atoms with Gasteiger partial charge in [-0.05, 0) is 55.8 Å². The first-order chi connectivity index (χ1) is 12.8. The molecule has 2 unspecified atom stereocenters. The average molecular weight is 396 g/mol. The lowest BCUT2D eigenvalue weighted by Crippen LogP contribution is -2.34. The number of carbonyl (C=O) groups is 2. The van der Waals surface area contributed by atoms with Gasteiger partial charge in [-0.1, -0.05) is 6.07 Å². The first-order valence-electron chi connectivity index (χ1n) is 8.18. The van der Waals surface area contributed by atoms with Gasteiger partial charge in [-0.3, -0.25) is 9.59 Å². The fourth-order valence-electron chi connectivity index (χ4n) is 2.20. The normalized spacial score (nSPS) is 12.9. The van der Waals surface area contributed by atoms with Crippen molar-refractivity contribution in [2.45, 2.75) is 25.1 Å². The van der Waals surface area contributed by atoms with E-state index in [9.17, 15) is 22.8 Å². The Morgan fingerprint density at radius 3 is 2.30 bits per heavy atom. The molecule has 2 aromatic carbocycles. The average Bonchev–Trinajstić information content (AvgIpc) is 2.63. The summed E-state index contributed by atoms with van der Waals surface area (Å²) in [6.07, 6.45) is 0. The highest BCUT2D eigenvalue weighted by Gasteiger charge is 2.18. The SMILES string of the molecule is CC(SCC(=O)Nc1ccc(F)cc1)C(=O)NC(C)c1ccc(F)c(F)c1. The molecule has 0 spiro atoms. The van der Waals surface area contributed by atoms with Crippen molar-refractivity contribution in [2.75, 3.05) is 11.1 Å². The molecule has 27 heavy (non-hydrogen) atoms. The number of amides is 2. The van der Waals surface area contributed by atoms with E-state index >= 15 is 0 Å². The van der Waals surface area contributed by atoms with E-state index in [-0.39, 0.29) is 17.6 Å². The summed E-state index contributed by atoms with van der Waals surface area (Å²) in [7, 11) is 0. The fraction of sp³-hybridized carbons (Fsp3) is 0.263. The van der Waals surface area contributed by atoms with Crippen LogP contribution in [0.15, 0.2) is 42.5 Å². The van der Waals surface area contributed by atoms with E-state index < -0.39 is 28.7 Å². The van der Waals surface area contributed by atoms with E-state index in [0.717, 1.165) is 23.9 Å². The molecule has 0 fully saturated rings. The molecular weight excluding hydrogens is 377 g/mol. The first-order valence-corrected chi connectivity index (χ1v) is 9.23. The van der Waals surface area contributed by atoms with Crippen molar-refractivity contribution < 1.29 is 22.8 Å². The number of halogens is 3. The number of hydrogen-bond acceptors (Lipinski definition) is 3. The molecule has 2 amide bonds. The van der Waals surface area contributed by atoms with E-state index in [1.165, 1.54) is 30.3 Å². The molecular formula is C19H19F3N2O2S. The van der Waals surface area contributed by atoms with Gasteiger partial charge < -0.3 is 10.6 Å². The van der Waals surface area contributed by atoms with E-state index in [0.29, 0.717) is 11.3 Å². The van der Waals surface area contributed by atoms with Crippen LogP contribution in [0.5, 0.6) is 0 Å². The van der Waals surface area contributed by atoms with Crippen molar-refractivity contribution in [3.8, 4) is 0 Å². The van der Waals surface area contributed by atoms with Gasteiger partial charge in [-0.2, -0.15) is 0 Å². The third-order valence-corrected chi connectivity index (χ3v) is 4.91. The minimum Gasteiger partial charge on any atom is -0.349 e. The molecule has 0 aliphatic heterocycles. The maximum atomic E-state index is 13.3. The van der Waals surface area contributed by atoms with Crippen molar-refractivity contribution in [1.29, 1.82) is 0 Å². The molecule has 0 radical (unpaired) electrons. The molecule has 0 saturated carbocycles. The Hall–Kier alpha value is -2.48. The Bertz CT molecular complexity index is 815. The van der Waals surface area contributed by atoms with Crippen LogP contribution in [0.2, 0.25) is 0 Å². The lowest BCUT2D eigenvalue weighted by molar-refractivity contribution is -0.120. The second kappa shape index (κ2) is 9.45. The molecule has 0 heterocycles. The van der Waals surface area contributed by atoms with Crippen LogP contribution >= 0.6 is 11.8 Å². The topological polar surface area (TPSA) is 58.2 Å². The van der Waals surface area contributed by atoms with Crippen molar-refractivity contribution in [3.63, 3.8) is 0 Å². The predicted molar refractivity (Wildman–Crippen MR) is 99.9 cm³/mol. The Kier molecular flexibility index (Phi) is 7.29. The minimum absolute atomic E-state index is 0.0333. The molecule has 0 saturated heterocycles. The molecule has 0 aliphatic rings. The lowest BCUT2D eigenvalue weighted by atomic mass is 10.1. The summed E-state index contributed by atoms with van der Waals surface area (Å²) in [6, 6.07) is 8.28. The maximum absolute atomic E-state index is 13.3. The fourth-order valence-corrected chi connectivity index (χ4v) is 2.90. The minimum atomic E-state index is -0.978. The molecule has 2 atom stereocenters. The monoisotopic (exact) mass is 396 g/mol. The third-order valence-electron chi connectivity index (χ3n) is 3.76. The summed E-state index contributed by atoms with van der Waals surface area (Å²) >= 11 is 1.13. The van der Waals surface area contributed by atoms with Crippen LogP contribution in [0.1, 0.15) is 25.5 Å². The number of anilines is 1. The lowest BCUT2D eigenvalue weighted by Gasteiger charge is -2.18. The zero-order valence-corrected chi connectivity index (χ0v) is 15.6. The Labute approximate surface area is 159 Å². The van der Waals surface area contributed by atoms with Gasteiger partial charge in [0, 0.05) is 5.69 Å². The first kappa shape index (κ1) is 20.8. The van der Waals surface area contributed by atoms with Gasteiger partial charge in [-0.25, -0.2) is 13.2 Å². The second-order valence-electron chi connectivity index (χ2n) is 5.91. The quantitative estimate of drug-likeness (QED) is 0.743. The number of hydrogen-bond donors (Lipinski definition) is 2. The molecule has 2 N–H and O–H groups in total. The summed E-state index contributed by atoms with van der Waals surface area (Å²) in [6.45, 7) is 3.30. The maximum Gasteiger partial charge on any atom is 0.234 e. The summed E-state index contributed by atoms with van der Waals surface area (Å²) < 4.78 is 39.1. The van der Waals surface area contributed by atoms with Crippen molar-refractivity contribution in [2.24, 2.45) is 0 Å². The van der Waals surface area contributed by atoms with Gasteiger partial charge in [0.05, 0.1) is 17.0 Å². The van der Waals surface area contributed by atoms with E-state index in [2.05, 4.69) is 10.6 Å². The molecule has 0 aliphatic carbocycles. The summed E-state index contributed by atoms with van der Waals surface area (Å²) in [5.74, 6) is -2.94. The van der Waals surface area contributed by atoms with Crippen LogP contribution in [-0.4, -0.2) is 22.8 Å². The van der Waals surface area contributed by atoms with Gasteiger partial charge in [0.1, 0.15) is 5.82 Å². The summed E-state index contributed by atoms with van der Waals surface area (Å²) in [5, 5.41) is 4.78. The highest BCUT2D eigenvalue weighted by Crippen LogP contribution is 2.18. The van der Waals surface area contributed by atoms with Gasteiger partial charge in [0.25, 0.3) is 0 Å². The largest absolute Gasteiger partial charge is 0.349 e. The molecule has 2 rings (SSSR count). The van der Waals surface area contributed by atoms with E-state index in [4.69, 9.17) is 0 Å². The van der Waals surface area contributed by atoms with E-state index in [1.807, 2.05) is 0 Å². The van der Waals surface area contributed by atoms with E-state index in [1.54, 1.807) is 13.8 Å². The standard InChI is InChI=1S/C19H19F3N2O2S/c1-11(13-3-8-16(21)17(22)9-13)23-19(26)12(2)27-10-18(25)24-15-6-4-14(20)5-7-15/h3-9,11-12H,10H2,1-2H3,(H,23,26)(H,24,25). The van der Waals surface area contributed by atoms with Crippen LogP contribution in [-0.2, 0) is 9.59 Å². The van der Waals surface area contributed by atoms with Crippen molar-refractivity contribution >= 4 is 29.3 Å². The smallest absolute Gasteiger partial charge is 0.234 e. The molecule has 2 aromatic rings. The van der Waals surface area contributed by atoms with Gasteiger partial charge in [-0.15, -0.1) is 11.8 Å². The van der Waals surface area contributed by atoms with Crippen molar-refractivity contribution in [1.82, 2.24) is 5.32 Å². The number of thioether (sulfide) groups is 1.